The molecule has 1 aromatic carbocycles. The lowest BCUT2D eigenvalue weighted by molar-refractivity contribution is 0.462. The fraction of sp³-hybridized carbons (Fsp3) is 0.533. The van der Waals surface area contributed by atoms with Crippen molar-refractivity contribution >= 4 is 22.6 Å². The summed E-state index contributed by atoms with van der Waals surface area (Å²) in [4.78, 5) is 4.75. The van der Waals surface area contributed by atoms with Crippen LogP contribution in [0.2, 0.25) is 0 Å². The Kier molecular flexibility index (Phi) is 2.86. The highest BCUT2D eigenvalue weighted by Gasteiger charge is 2.38. The largest absolute Gasteiger partial charge is 0.327 e. The van der Waals surface area contributed by atoms with Crippen LogP contribution >= 0.6 is 11.6 Å². The zero-order chi connectivity index (χ0) is 12.8. The molecule has 0 unspecified atom stereocenters. The van der Waals surface area contributed by atoms with Gasteiger partial charge in [-0.2, -0.15) is 0 Å². The zero-order valence-electron chi connectivity index (χ0n) is 11.0. The van der Waals surface area contributed by atoms with E-state index >= 15 is 0 Å². The maximum atomic E-state index is 5.90. The molecule has 0 N–H and O–H groups in total. The fourth-order valence-electron chi connectivity index (χ4n) is 2.49. The minimum Gasteiger partial charge on any atom is -0.327 e. The van der Waals surface area contributed by atoms with E-state index in [1.165, 1.54) is 23.9 Å². The van der Waals surface area contributed by atoms with E-state index in [-0.39, 0.29) is 0 Å². The molecule has 1 fully saturated rings. The van der Waals surface area contributed by atoms with Crippen molar-refractivity contribution in [1.82, 2.24) is 9.55 Å². The zero-order valence-corrected chi connectivity index (χ0v) is 11.8. The number of rotatable bonds is 4. The Hall–Kier alpha value is -1.02. The van der Waals surface area contributed by atoms with E-state index < -0.39 is 0 Å². The molecule has 1 heterocycles. The van der Waals surface area contributed by atoms with Crippen molar-refractivity contribution in [2.75, 3.05) is 5.88 Å². The molecule has 0 aliphatic heterocycles. The summed E-state index contributed by atoms with van der Waals surface area (Å²) in [6.45, 7) is 5.55. The van der Waals surface area contributed by atoms with Crippen molar-refractivity contribution < 1.29 is 0 Å². The van der Waals surface area contributed by atoms with Crippen LogP contribution in [-0.2, 0) is 13.0 Å². The Morgan fingerprint density at radius 3 is 2.83 bits per heavy atom. The van der Waals surface area contributed by atoms with E-state index in [2.05, 4.69) is 36.6 Å². The van der Waals surface area contributed by atoms with Gasteiger partial charge in [-0.15, -0.1) is 11.6 Å². The minimum atomic E-state index is 0.486. The maximum Gasteiger partial charge on any atom is 0.111 e. The van der Waals surface area contributed by atoms with Gasteiger partial charge in [-0.3, -0.25) is 0 Å². The standard InChI is InChI=1S/C15H19ClN2/c1-11-3-4-13-12(9-11)17-14(5-8-16)18(13)10-15(2)6-7-15/h3-4,9H,5-8,10H2,1-2H3. The third-order valence-corrected chi connectivity index (χ3v) is 4.13. The van der Waals surface area contributed by atoms with Crippen LogP contribution < -0.4 is 0 Å². The lowest BCUT2D eigenvalue weighted by Gasteiger charge is -2.13. The molecule has 1 aliphatic carbocycles. The van der Waals surface area contributed by atoms with E-state index in [1.54, 1.807) is 0 Å². The smallest absolute Gasteiger partial charge is 0.111 e. The Labute approximate surface area is 113 Å². The Morgan fingerprint density at radius 1 is 1.39 bits per heavy atom. The summed E-state index contributed by atoms with van der Waals surface area (Å²) in [6.07, 6.45) is 3.52. The summed E-state index contributed by atoms with van der Waals surface area (Å²) < 4.78 is 2.38. The number of halogens is 1. The number of imidazole rings is 1. The van der Waals surface area contributed by atoms with Crippen molar-refractivity contribution in [3.8, 4) is 0 Å². The first kappa shape index (κ1) is 12.0. The van der Waals surface area contributed by atoms with Crippen LogP contribution in [0.3, 0.4) is 0 Å². The highest BCUT2D eigenvalue weighted by molar-refractivity contribution is 6.17. The molecule has 0 amide bonds. The number of alkyl halides is 1. The number of nitrogens with zero attached hydrogens (tertiary/aromatic N) is 2. The monoisotopic (exact) mass is 262 g/mol. The predicted octanol–water partition coefficient (Wildman–Crippen LogP) is 3.93. The fourth-order valence-corrected chi connectivity index (χ4v) is 2.66. The SMILES string of the molecule is Cc1ccc2c(c1)nc(CCCl)n2CC1(C)CC1. The van der Waals surface area contributed by atoms with Gasteiger partial charge in [0, 0.05) is 18.8 Å². The van der Waals surface area contributed by atoms with Gasteiger partial charge in [0.2, 0.25) is 0 Å². The summed E-state index contributed by atoms with van der Waals surface area (Å²) >= 11 is 5.90. The third-order valence-electron chi connectivity index (χ3n) is 3.94. The second-order valence-electron chi connectivity index (χ2n) is 5.86. The van der Waals surface area contributed by atoms with Crippen molar-refractivity contribution in [3.63, 3.8) is 0 Å². The van der Waals surface area contributed by atoms with Crippen LogP contribution in [0.25, 0.3) is 11.0 Å². The van der Waals surface area contributed by atoms with Crippen LogP contribution in [0.4, 0.5) is 0 Å². The molecule has 0 atom stereocenters. The first-order valence-electron chi connectivity index (χ1n) is 6.63. The van der Waals surface area contributed by atoms with Crippen molar-refractivity contribution in [2.45, 2.75) is 39.7 Å². The lowest BCUT2D eigenvalue weighted by atomic mass is 10.1. The molecule has 1 saturated carbocycles. The number of fused-ring (bicyclic) bond motifs is 1. The Bertz CT molecular complexity index is 581. The molecular formula is C15H19ClN2. The second kappa shape index (κ2) is 4.27. The summed E-state index contributed by atoms with van der Waals surface area (Å²) in [6, 6.07) is 6.53. The molecule has 0 bridgehead atoms. The Balaban J connectivity index is 2.09. The third kappa shape index (κ3) is 2.14. The molecule has 2 nitrogen and oxygen atoms in total. The predicted molar refractivity (Wildman–Crippen MR) is 76.2 cm³/mol. The van der Waals surface area contributed by atoms with Gasteiger partial charge in [0.25, 0.3) is 0 Å². The number of benzene rings is 1. The molecule has 3 rings (SSSR count). The van der Waals surface area contributed by atoms with Gasteiger partial charge < -0.3 is 4.57 Å². The van der Waals surface area contributed by atoms with Gasteiger partial charge in [-0.1, -0.05) is 13.0 Å². The van der Waals surface area contributed by atoms with E-state index in [0.29, 0.717) is 11.3 Å². The van der Waals surface area contributed by atoms with Gasteiger partial charge in [0.1, 0.15) is 5.82 Å². The van der Waals surface area contributed by atoms with Crippen LogP contribution in [0.5, 0.6) is 0 Å². The minimum absolute atomic E-state index is 0.486. The van der Waals surface area contributed by atoms with Gasteiger partial charge in [0.05, 0.1) is 11.0 Å². The average Bonchev–Trinajstić information content (AvgIpc) is 2.96. The molecule has 1 aromatic heterocycles. The summed E-state index contributed by atoms with van der Waals surface area (Å²) in [5, 5.41) is 0. The first-order chi connectivity index (χ1) is 8.61. The highest BCUT2D eigenvalue weighted by atomic mass is 35.5. The van der Waals surface area contributed by atoms with E-state index in [0.717, 1.165) is 24.3 Å². The molecule has 0 saturated heterocycles. The molecule has 0 radical (unpaired) electrons. The van der Waals surface area contributed by atoms with Crippen LogP contribution in [0.15, 0.2) is 18.2 Å². The number of hydrogen-bond donors (Lipinski definition) is 0. The number of aromatic nitrogens is 2. The normalized spacial score (nSPS) is 17.3. The molecule has 0 spiro atoms. The highest BCUT2D eigenvalue weighted by Crippen LogP contribution is 2.47. The van der Waals surface area contributed by atoms with E-state index in [9.17, 15) is 0 Å². The number of hydrogen-bond acceptors (Lipinski definition) is 1. The topological polar surface area (TPSA) is 17.8 Å². The number of aryl methyl sites for hydroxylation is 2. The molecule has 96 valence electrons. The Morgan fingerprint density at radius 2 is 2.17 bits per heavy atom. The van der Waals surface area contributed by atoms with Crippen LogP contribution in [-0.4, -0.2) is 15.4 Å². The second-order valence-corrected chi connectivity index (χ2v) is 6.23. The molecule has 3 heteroatoms. The molecule has 1 aliphatic rings. The summed E-state index contributed by atoms with van der Waals surface area (Å²) in [7, 11) is 0. The van der Waals surface area contributed by atoms with Gasteiger partial charge in [-0.05, 0) is 42.9 Å². The first-order valence-corrected chi connectivity index (χ1v) is 7.16. The van der Waals surface area contributed by atoms with Gasteiger partial charge >= 0.3 is 0 Å². The summed E-state index contributed by atoms with van der Waals surface area (Å²) in [5.41, 5.74) is 4.12. The summed E-state index contributed by atoms with van der Waals surface area (Å²) in [5.74, 6) is 1.78. The lowest BCUT2D eigenvalue weighted by Crippen LogP contribution is -2.11. The van der Waals surface area contributed by atoms with Crippen molar-refractivity contribution in [1.29, 1.82) is 0 Å². The van der Waals surface area contributed by atoms with E-state index in [4.69, 9.17) is 16.6 Å². The molecule has 2 aromatic rings. The quantitative estimate of drug-likeness (QED) is 0.764. The van der Waals surface area contributed by atoms with Crippen molar-refractivity contribution in [3.05, 3.63) is 29.6 Å². The molecule has 18 heavy (non-hydrogen) atoms. The maximum absolute atomic E-state index is 5.90. The van der Waals surface area contributed by atoms with E-state index in [1.807, 2.05) is 0 Å². The molecular weight excluding hydrogens is 244 g/mol. The van der Waals surface area contributed by atoms with Gasteiger partial charge in [0.15, 0.2) is 0 Å². The van der Waals surface area contributed by atoms with Crippen LogP contribution in [0, 0.1) is 12.3 Å². The van der Waals surface area contributed by atoms with Crippen molar-refractivity contribution in [2.24, 2.45) is 5.41 Å². The van der Waals surface area contributed by atoms with Gasteiger partial charge in [-0.25, -0.2) is 4.98 Å². The average molecular weight is 263 g/mol. The van der Waals surface area contributed by atoms with Crippen LogP contribution in [0.1, 0.15) is 31.2 Å².